The van der Waals surface area contributed by atoms with E-state index in [4.69, 9.17) is 33.3 Å². The Morgan fingerprint density at radius 1 is 0.730 bits per heavy atom. The van der Waals surface area contributed by atoms with E-state index in [1.807, 2.05) is 30.3 Å². The minimum absolute atomic E-state index is 0.00502. The molecule has 0 radical (unpaired) electrons. The van der Waals surface area contributed by atoms with Crippen LogP contribution in [-0.2, 0) is 9.59 Å². The predicted octanol–water partition coefficient (Wildman–Crippen LogP) is 6.76. The van der Waals surface area contributed by atoms with Gasteiger partial charge in [0.25, 0.3) is 11.8 Å². The number of anilines is 1. The van der Waals surface area contributed by atoms with E-state index in [-0.39, 0.29) is 10.7 Å². The first-order valence-electron chi connectivity index (χ1n) is 11.2. The zero-order chi connectivity index (χ0) is 25.8. The molecule has 6 nitrogen and oxygen atoms in total. The van der Waals surface area contributed by atoms with Crippen LogP contribution < -0.4 is 19.7 Å². The van der Waals surface area contributed by atoms with E-state index < -0.39 is 11.8 Å². The number of halogens is 1. The lowest BCUT2D eigenvalue weighted by molar-refractivity contribution is -0.122. The van der Waals surface area contributed by atoms with Gasteiger partial charge in [-0.3, -0.25) is 19.8 Å². The SMILES string of the molecule is O=C1NC(=S)N(c2ccc(Oc3ccccc3)cc2)C(=O)C1=Cc1ccccc1Oc1ccc(Cl)cc1. The van der Waals surface area contributed by atoms with Gasteiger partial charge in [-0.05, 0) is 85.0 Å². The minimum atomic E-state index is -0.587. The van der Waals surface area contributed by atoms with Crippen molar-refractivity contribution < 1.29 is 19.1 Å². The van der Waals surface area contributed by atoms with Crippen LogP contribution in [0.25, 0.3) is 6.08 Å². The summed E-state index contributed by atoms with van der Waals surface area (Å²) in [5, 5.41) is 3.18. The van der Waals surface area contributed by atoms with E-state index in [0.717, 1.165) is 0 Å². The van der Waals surface area contributed by atoms with Crippen molar-refractivity contribution in [1.82, 2.24) is 5.32 Å². The lowest BCUT2D eigenvalue weighted by Gasteiger charge is -2.29. The second-order valence-electron chi connectivity index (χ2n) is 7.96. The monoisotopic (exact) mass is 526 g/mol. The lowest BCUT2D eigenvalue weighted by atomic mass is 10.1. The summed E-state index contributed by atoms with van der Waals surface area (Å²) in [6.45, 7) is 0. The van der Waals surface area contributed by atoms with Crippen molar-refractivity contribution in [3.63, 3.8) is 0 Å². The molecule has 0 aliphatic carbocycles. The summed E-state index contributed by atoms with van der Waals surface area (Å²) in [5.41, 5.74) is 0.965. The molecule has 0 bridgehead atoms. The number of hydrogen-bond acceptors (Lipinski definition) is 5. The Morgan fingerprint density at radius 3 is 2.05 bits per heavy atom. The molecule has 5 rings (SSSR count). The number of ether oxygens (including phenoxy) is 2. The number of carbonyl (C=O) groups is 2. The number of hydrogen-bond donors (Lipinski definition) is 1. The van der Waals surface area contributed by atoms with Crippen molar-refractivity contribution in [2.45, 2.75) is 0 Å². The predicted molar refractivity (Wildman–Crippen MR) is 147 cm³/mol. The molecule has 0 spiro atoms. The fourth-order valence-electron chi connectivity index (χ4n) is 3.66. The van der Waals surface area contributed by atoms with Gasteiger partial charge in [-0.15, -0.1) is 0 Å². The summed E-state index contributed by atoms with van der Waals surface area (Å²) in [5.74, 6) is 1.19. The van der Waals surface area contributed by atoms with E-state index in [2.05, 4.69) is 5.32 Å². The summed E-state index contributed by atoms with van der Waals surface area (Å²) in [6, 6.07) is 30.2. The molecule has 1 aliphatic heterocycles. The van der Waals surface area contributed by atoms with Gasteiger partial charge < -0.3 is 9.47 Å². The third-order valence-electron chi connectivity index (χ3n) is 5.44. The second-order valence-corrected chi connectivity index (χ2v) is 8.78. The maximum absolute atomic E-state index is 13.5. The van der Waals surface area contributed by atoms with Gasteiger partial charge in [0, 0.05) is 10.6 Å². The van der Waals surface area contributed by atoms with Crippen LogP contribution in [0.1, 0.15) is 5.56 Å². The van der Waals surface area contributed by atoms with Crippen molar-refractivity contribution in [2.75, 3.05) is 4.90 Å². The van der Waals surface area contributed by atoms with Crippen LogP contribution in [0.2, 0.25) is 5.02 Å². The maximum atomic E-state index is 13.5. The van der Waals surface area contributed by atoms with Crippen LogP contribution in [0.4, 0.5) is 5.69 Å². The number of nitrogens with zero attached hydrogens (tertiary/aromatic N) is 1. The van der Waals surface area contributed by atoms with Crippen LogP contribution in [0.15, 0.2) is 109 Å². The Bertz CT molecular complexity index is 1500. The molecule has 1 aliphatic rings. The molecular weight excluding hydrogens is 508 g/mol. The van der Waals surface area contributed by atoms with E-state index >= 15 is 0 Å². The van der Waals surface area contributed by atoms with Gasteiger partial charge in [0.1, 0.15) is 28.6 Å². The second kappa shape index (κ2) is 10.7. The minimum Gasteiger partial charge on any atom is -0.457 e. The normalized spacial score (nSPS) is 14.5. The average molecular weight is 527 g/mol. The van der Waals surface area contributed by atoms with Gasteiger partial charge in [-0.2, -0.15) is 0 Å². The lowest BCUT2D eigenvalue weighted by Crippen LogP contribution is -2.54. The average Bonchev–Trinajstić information content (AvgIpc) is 2.90. The van der Waals surface area contributed by atoms with Crippen molar-refractivity contribution in [2.24, 2.45) is 0 Å². The smallest absolute Gasteiger partial charge is 0.270 e. The van der Waals surface area contributed by atoms with E-state index in [9.17, 15) is 9.59 Å². The highest BCUT2D eigenvalue weighted by molar-refractivity contribution is 7.80. The van der Waals surface area contributed by atoms with Crippen LogP contribution in [0.5, 0.6) is 23.0 Å². The van der Waals surface area contributed by atoms with Gasteiger partial charge in [0.2, 0.25) is 0 Å². The van der Waals surface area contributed by atoms with Gasteiger partial charge in [-0.25, -0.2) is 0 Å². The molecule has 4 aromatic carbocycles. The largest absolute Gasteiger partial charge is 0.457 e. The topological polar surface area (TPSA) is 67.9 Å². The van der Waals surface area contributed by atoms with E-state index in [1.165, 1.54) is 11.0 Å². The summed E-state index contributed by atoms with van der Waals surface area (Å²) in [4.78, 5) is 27.5. The molecule has 2 amide bonds. The first kappa shape index (κ1) is 24.2. The standard InChI is InChI=1S/C29H19ClN2O4S/c30-20-10-14-24(15-11-20)36-26-9-5-4-6-19(26)18-25-27(33)31-29(37)32(28(25)34)21-12-16-23(17-13-21)35-22-7-2-1-3-8-22/h1-18H,(H,31,33,37). The number of nitrogens with one attached hydrogen (secondary N) is 1. The van der Waals surface area contributed by atoms with Crippen molar-refractivity contribution >= 4 is 52.5 Å². The molecule has 4 aromatic rings. The Hall–Kier alpha value is -4.46. The number of benzene rings is 4. The van der Waals surface area contributed by atoms with Crippen molar-refractivity contribution in [3.8, 4) is 23.0 Å². The molecule has 37 heavy (non-hydrogen) atoms. The highest BCUT2D eigenvalue weighted by atomic mass is 35.5. The molecule has 0 saturated carbocycles. The zero-order valence-corrected chi connectivity index (χ0v) is 20.8. The molecule has 1 N–H and O–H groups in total. The third-order valence-corrected chi connectivity index (χ3v) is 5.97. The van der Waals surface area contributed by atoms with Crippen molar-refractivity contribution in [3.05, 3.63) is 119 Å². The summed E-state index contributed by atoms with van der Waals surface area (Å²) in [6.07, 6.45) is 1.49. The van der Waals surface area contributed by atoms with Crippen molar-refractivity contribution in [1.29, 1.82) is 0 Å². The van der Waals surface area contributed by atoms with Crippen LogP contribution >= 0.6 is 23.8 Å². The first-order valence-corrected chi connectivity index (χ1v) is 12.0. The molecule has 0 atom stereocenters. The summed E-state index contributed by atoms with van der Waals surface area (Å²) in [7, 11) is 0. The molecule has 8 heteroatoms. The Morgan fingerprint density at radius 2 is 1.32 bits per heavy atom. The molecule has 1 heterocycles. The molecule has 182 valence electrons. The molecule has 1 saturated heterocycles. The Balaban J connectivity index is 1.41. The number of thiocarbonyl (C=S) groups is 1. The molecule has 0 unspecified atom stereocenters. The maximum Gasteiger partial charge on any atom is 0.270 e. The Kier molecular flexibility index (Phi) is 6.98. The highest BCUT2D eigenvalue weighted by Gasteiger charge is 2.34. The third kappa shape index (κ3) is 5.53. The van der Waals surface area contributed by atoms with Crippen LogP contribution in [0, 0.1) is 0 Å². The fourth-order valence-corrected chi connectivity index (χ4v) is 4.06. The highest BCUT2D eigenvalue weighted by Crippen LogP contribution is 2.30. The van der Waals surface area contributed by atoms with Crippen LogP contribution in [0.3, 0.4) is 0 Å². The quantitative estimate of drug-likeness (QED) is 0.171. The van der Waals surface area contributed by atoms with Gasteiger partial charge in [-0.1, -0.05) is 48.0 Å². The summed E-state index contributed by atoms with van der Waals surface area (Å²) < 4.78 is 11.8. The Labute approximate surface area is 223 Å². The number of carbonyl (C=O) groups excluding carboxylic acids is 2. The van der Waals surface area contributed by atoms with Gasteiger partial charge in [0.15, 0.2) is 5.11 Å². The van der Waals surface area contributed by atoms with Gasteiger partial charge >= 0.3 is 0 Å². The fraction of sp³-hybridized carbons (Fsp3) is 0. The number of amides is 2. The molecule has 0 aromatic heterocycles. The number of para-hydroxylation sites is 2. The molecule has 1 fully saturated rings. The summed E-state index contributed by atoms with van der Waals surface area (Å²) >= 11 is 11.3. The first-order chi connectivity index (χ1) is 18.0. The zero-order valence-electron chi connectivity index (χ0n) is 19.3. The molecular formula is C29H19ClN2O4S. The van der Waals surface area contributed by atoms with E-state index in [1.54, 1.807) is 72.8 Å². The van der Waals surface area contributed by atoms with Crippen LogP contribution in [-0.4, -0.2) is 16.9 Å². The van der Waals surface area contributed by atoms with E-state index in [0.29, 0.717) is 39.3 Å². The van der Waals surface area contributed by atoms with Gasteiger partial charge in [0.05, 0.1) is 5.69 Å². The number of rotatable bonds is 6.